The van der Waals surface area contributed by atoms with Crippen molar-refractivity contribution < 1.29 is 24.1 Å². The summed E-state index contributed by atoms with van der Waals surface area (Å²) in [5.74, 6) is 0.885. The van der Waals surface area contributed by atoms with Crippen molar-refractivity contribution in [3.05, 3.63) is 41.5 Å². The fraction of sp³-hybridized carbons (Fsp3) is 0.500. The summed E-state index contributed by atoms with van der Waals surface area (Å²) < 4.78 is 15.8. The van der Waals surface area contributed by atoms with Gasteiger partial charge in [-0.2, -0.15) is 0 Å². The number of carbonyl (C=O) groups is 1. The quantitative estimate of drug-likeness (QED) is 0.411. The van der Waals surface area contributed by atoms with E-state index in [0.717, 1.165) is 25.0 Å². The predicted octanol–water partition coefficient (Wildman–Crippen LogP) is 2.19. The van der Waals surface area contributed by atoms with Gasteiger partial charge in [0.1, 0.15) is 19.0 Å². The number of aliphatic hydroxyl groups excluding tert-OH is 1. The number of benzene rings is 1. The van der Waals surface area contributed by atoms with Gasteiger partial charge >= 0.3 is 6.09 Å². The van der Waals surface area contributed by atoms with Crippen LogP contribution in [0.4, 0.5) is 4.79 Å². The second-order valence-corrected chi connectivity index (χ2v) is 5.73. The molecule has 0 aromatic heterocycles. The highest BCUT2D eigenvalue weighted by Gasteiger charge is 2.15. The maximum Gasteiger partial charge on any atom is 0.407 e. The maximum absolute atomic E-state index is 11.5. The first-order valence-corrected chi connectivity index (χ1v) is 8.17. The predicted molar refractivity (Wildman–Crippen MR) is 90.1 cm³/mol. The molecule has 1 aliphatic carbocycles. The van der Waals surface area contributed by atoms with Crippen LogP contribution in [0.15, 0.2) is 30.4 Å². The van der Waals surface area contributed by atoms with Crippen LogP contribution in [0, 0.1) is 0 Å². The summed E-state index contributed by atoms with van der Waals surface area (Å²) in [5, 5.41) is 11.9. The van der Waals surface area contributed by atoms with E-state index < -0.39 is 12.4 Å². The molecule has 0 saturated carbocycles. The number of amides is 1. The van der Waals surface area contributed by atoms with Crippen molar-refractivity contribution in [1.29, 1.82) is 0 Å². The zero-order chi connectivity index (χ0) is 17.4. The molecule has 1 unspecified atom stereocenters. The molecule has 2 rings (SSSR count). The van der Waals surface area contributed by atoms with Crippen LogP contribution in [-0.4, -0.2) is 43.9 Å². The van der Waals surface area contributed by atoms with Gasteiger partial charge in [0.05, 0.1) is 6.61 Å². The normalized spacial score (nSPS) is 13.9. The third-order valence-electron chi connectivity index (χ3n) is 3.75. The molecule has 1 atom stereocenters. The van der Waals surface area contributed by atoms with E-state index in [-0.39, 0.29) is 19.8 Å². The highest BCUT2D eigenvalue weighted by atomic mass is 16.6. The van der Waals surface area contributed by atoms with Gasteiger partial charge in [0.2, 0.25) is 0 Å². The minimum atomic E-state index is -1.01. The van der Waals surface area contributed by atoms with Crippen LogP contribution in [0.1, 0.15) is 24.5 Å². The average molecular weight is 335 g/mol. The molecule has 132 valence electrons. The number of ether oxygens (including phenoxy) is 3. The van der Waals surface area contributed by atoms with E-state index in [4.69, 9.17) is 14.2 Å². The minimum Gasteiger partial charge on any atom is -0.490 e. The third kappa shape index (κ3) is 5.54. The zero-order valence-electron chi connectivity index (χ0n) is 14.0. The number of rotatable bonds is 9. The highest BCUT2D eigenvalue weighted by molar-refractivity contribution is 5.67. The largest absolute Gasteiger partial charge is 0.490 e. The Hall–Kier alpha value is -2.05. The van der Waals surface area contributed by atoms with Gasteiger partial charge in [0.15, 0.2) is 6.29 Å². The smallest absolute Gasteiger partial charge is 0.407 e. The Bertz CT molecular complexity index is 573. The number of fused-ring (bicyclic) bond motifs is 1. The lowest BCUT2D eigenvalue weighted by Gasteiger charge is -2.13. The summed E-state index contributed by atoms with van der Waals surface area (Å²) in [5.41, 5.74) is 3.14. The third-order valence-corrected chi connectivity index (χ3v) is 3.75. The maximum atomic E-state index is 11.5. The molecule has 1 aliphatic rings. The Morgan fingerprint density at radius 2 is 2.17 bits per heavy atom. The zero-order valence-corrected chi connectivity index (χ0v) is 14.0. The van der Waals surface area contributed by atoms with Crippen LogP contribution < -0.4 is 10.1 Å². The van der Waals surface area contributed by atoms with E-state index in [2.05, 4.69) is 18.0 Å². The Kier molecular flexibility index (Phi) is 7.08. The molecule has 0 spiro atoms. The van der Waals surface area contributed by atoms with Crippen LogP contribution in [-0.2, 0) is 22.3 Å². The second-order valence-electron chi connectivity index (χ2n) is 5.73. The molecule has 1 amide bonds. The molecule has 0 bridgehead atoms. The van der Waals surface area contributed by atoms with E-state index in [0.29, 0.717) is 12.2 Å². The Morgan fingerprint density at radius 1 is 1.33 bits per heavy atom. The van der Waals surface area contributed by atoms with Crippen molar-refractivity contribution in [2.45, 2.75) is 32.5 Å². The first-order valence-electron chi connectivity index (χ1n) is 8.17. The molecule has 0 saturated heterocycles. The SMILES string of the molecule is C=C(C)C(O)OCCNC(=O)OCCOc1cccc2c1CCC2. The molecule has 2 N–H and O–H groups in total. The number of aliphatic hydroxyl groups is 1. The average Bonchev–Trinajstić information content (AvgIpc) is 3.04. The second kappa shape index (κ2) is 9.30. The van der Waals surface area contributed by atoms with E-state index in [1.54, 1.807) is 6.92 Å². The van der Waals surface area contributed by atoms with Gasteiger partial charge < -0.3 is 24.6 Å². The van der Waals surface area contributed by atoms with Crippen molar-refractivity contribution in [3.8, 4) is 5.75 Å². The summed E-state index contributed by atoms with van der Waals surface area (Å²) in [6, 6.07) is 6.08. The molecule has 0 heterocycles. The lowest BCUT2D eigenvalue weighted by molar-refractivity contribution is -0.0700. The number of hydrogen-bond acceptors (Lipinski definition) is 5. The summed E-state index contributed by atoms with van der Waals surface area (Å²) in [7, 11) is 0. The van der Waals surface area contributed by atoms with Gasteiger partial charge in [0, 0.05) is 6.54 Å². The van der Waals surface area contributed by atoms with Crippen LogP contribution in [0.25, 0.3) is 0 Å². The molecule has 1 aromatic carbocycles. The van der Waals surface area contributed by atoms with Crippen molar-refractivity contribution in [2.24, 2.45) is 0 Å². The molecule has 0 aliphatic heterocycles. The lowest BCUT2D eigenvalue weighted by atomic mass is 10.1. The van der Waals surface area contributed by atoms with Crippen LogP contribution in [0.5, 0.6) is 5.75 Å². The van der Waals surface area contributed by atoms with Crippen LogP contribution in [0.2, 0.25) is 0 Å². The van der Waals surface area contributed by atoms with Gasteiger partial charge in [-0.25, -0.2) is 4.79 Å². The number of carbonyl (C=O) groups excluding carboxylic acids is 1. The van der Waals surface area contributed by atoms with Gasteiger partial charge in [-0.05, 0) is 49.0 Å². The Morgan fingerprint density at radius 3 is 2.96 bits per heavy atom. The number of alkyl carbamates (subject to hydrolysis) is 1. The van der Waals surface area contributed by atoms with Gasteiger partial charge in [-0.3, -0.25) is 0 Å². The molecular formula is C18H25NO5. The standard InChI is InChI=1S/C18H25NO5/c1-13(2)17(20)23-10-9-19-18(21)24-12-11-22-16-8-4-6-14-5-3-7-15(14)16/h4,6,8,17,20H,1,3,5,7,9-12H2,2H3,(H,19,21). The van der Waals surface area contributed by atoms with E-state index >= 15 is 0 Å². The van der Waals surface area contributed by atoms with Crippen molar-refractivity contribution in [1.82, 2.24) is 5.32 Å². The summed E-state index contributed by atoms with van der Waals surface area (Å²) >= 11 is 0. The van der Waals surface area contributed by atoms with Crippen LogP contribution >= 0.6 is 0 Å². The van der Waals surface area contributed by atoms with E-state index in [1.807, 2.05) is 12.1 Å². The fourth-order valence-electron chi connectivity index (χ4n) is 2.52. The van der Waals surface area contributed by atoms with Gasteiger partial charge in [-0.15, -0.1) is 0 Å². The topological polar surface area (TPSA) is 77.0 Å². The highest BCUT2D eigenvalue weighted by Crippen LogP contribution is 2.30. The molecule has 6 heteroatoms. The molecular weight excluding hydrogens is 310 g/mol. The van der Waals surface area contributed by atoms with E-state index in [1.165, 1.54) is 11.1 Å². The molecule has 0 fully saturated rings. The molecule has 24 heavy (non-hydrogen) atoms. The Balaban J connectivity index is 1.57. The van der Waals surface area contributed by atoms with Crippen molar-refractivity contribution >= 4 is 6.09 Å². The molecule has 0 radical (unpaired) electrons. The first-order chi connectivity index (χ1) is 11.6. The molecule has 1 aromatic rings. The first kappa shape index (κ1) is 18.3. The summed E-state index contributed by atoms with van der Waals surface area (Å²) in [6.07, 6.45) is 1.77. The fourth-order valence-corrected chi connectivity index (χ4v) is 2.52. The van der Waals surface area contributed by atoms with E-state index in [9.17, 15) is 9.90 Å². The number of hydrogen-bond donors (Lipinski definition) is 2. The van der Waals surface area contributed by atoms with Crippen molar-refractivity contribution in [3.63, 3.8) is 0 Å². The monoisotopic (exact) mass is 335 g/mol. The Labute approximate surface area is 142 Å². The van der Waals surface area contributed by atoms with Crippen LogP contribution in [0.3, 0.4) is 0 Å². The summed E-state index contributed by atoms with van der Waals surface area (Å²) in [4.78, 5) is 11.5. The number of aryl methyl sites for hydroxylation is 1. The lowest BCUT2D eigenvalue weighted by Crippen LogP contribution is -2.30. The van der Waals surface area contributed by atoms with Gasteiger partial charge in [-0.1, -0.05) is 18.7 Å². The summed E-state index contributed by atoms with van der Waals surface area (Å²) in [6.45, 7) is 6.13. The van der Waals surface area contributed by atoms with Gasteiger partial charge in [0.25, 0.3) is 0 Å². The molecule has 6 nitrogen and oxygen atoms in total. The number of nitrogens with one attached hydrogen (secondary N) is 1. The minimum absolute atomic E-state index is 0.171. The van der Waals surface area contributed by atoms with Crippen molar-refractivity contribution in [2.75, 3.05) is 26.4 Å².